The second kappa shape index (κ2) is 5.41. The molecule has 0 aromatic heterocycles. The van der Waals surface area contributed by atoms with Gasteiger partial charge < -0.3 is 15.4 Å². The van der Waals surface area contributed by atoms with E-state index in [0.717, 1.165) is 39.0 Å². The zero-order chi connectivity index (χ0) is 14.1. The van der Waals surface area contributed by atoms with Crippen molar-refractivity contribution in [3.05, 3.63) is 0 Å². The monoisotopic (exact) mass is 268 g/mol. The van der Waals surface area contributed by atoms with Crippen molar-refractivity contribution in [3.63, 3.8) is 0 Å². The zero-order valence-electron chi connectivity index (χ0n) is 12.7. The largest absolute Gasteiger partial charge is 0.376 e. The maximum atomic E-state index is 12.7. The van der Waals surface area contributed by atoms with Crippen molar-refractivity contribution in [1.29, 1.82) is 0 Å². The fourth-order valence-corrected chi connectivity index (χ4v) is 3.07. The lowest BCUT2D eigenvalue weighted by molar-refractivity contribution is -0.135. The van der Waals surface area contributed by atoms with Gasteiger partial charge in [0.2, 0.25) is 5.91 Å². The van der Waals surface area contributed by atoms with Crippen LogP contribution in [0.15, 0.2) is 0 Å². The molecule has 3 unspecified atom stereocenters. The van der Waals surface area contributed by atoms with E-state index < -0.39 is 0 Å². The van der Waals surface area contributed by atoms with Crippen molar-refractivity contribution < 1.29 is 9.53 Å². The molecule has 0 bridgehead atoms. The van der Waals surface area contributed by atoms with E-state index in [1.807, 2.05) is 6.92 Å². The highest BCUT2D eigenvalue weighted by Crippen LogP contribution is 2.34. The summed E-state index contributed by atoms with van der Waals surface area (Å²) >= 11 is 0. The van der Waals surface area contributed by atoms with E-state index in [4.69, 9.17) is 4.74 Å². The summed E-state index contributed by atoms with van der Waals surface area (Å²) in [6, 6.07) is 0. The van der Waals surface area contributed by atoms with Crippen LogP contribution in [0.2, 0.25) is 0 Å². The molecule has 3 atom stereocenters. The lowest BCUT2D eigenvalue weighted by Crippen LogP contribution is -2.56. The Morgan fingerprint density at radius 2 is 2.21 bits per heavy atom. The molecule has 2 aliphatic rings. The summed E-state index contributed by atoms with van der Waals surface area (Å²) in [5.41, 5.74) is -0.533. The molecule has 2 fully saturated rings. The Kier molecular flexibility index (Phi) is 4.21. The molecule has 4 heteroatoms. The van der Waals surface area contributed by atoms with Gasteiger partial charge in [-0.2, -0.15) is 0 Å². The minimum absolute atomic E-state index is 0.0942. The number of rotatable bonds is 3. The molecular weight excluding hydrogens is 240 g/mol. The van der Waals surface area contributed by atoms with Crippen LogP contribution in [0.25, 0.3) is 0 Å². The van der Waals surface area contributed by atoms with E-state index in [-0.39, 0.29) is 23.0 Å². The zero-order valence-corrected chi connectivity index (χ0v) is 12.7. The Hall–Kier alpha value is -0.610. The van der Waals surface area contributed by atoms with Gasteiger partial charge in [0.25, 0.3) is 0 Å². The van der Waals surface area contributed by atoms with Gasteiger partial charge in [-0.1, -0.05) is 13.8 Å². The minimum atomic E-state index is -0.321. The second-order valence-corrected chi connectivity index (χ2v) is 6.90. The van der Waals surface area contributed by atoms with Crippen LogP contribution < -0.4 is 10.6 Å². The number of nitrogens with one attached hydrogen (secondary N) is 2. The van der Waals surface area contributed by atoms with Crippen molar-refractivity contribution in [3.8, 4) is 0 Å². The average Bonchev–Trinajstić information content (AvgIpc) is 2.70. The van der Waals surface area contributed by atoms with Gasteiger partial charge in [0.15, 0.2) is 0 Å². The van der Waals surface area contributed by atoms with Crippen LogP contribution in [0.5, 0.6) is 0 Å². The Morgan fingerprint density at radius 3 is 2.74 bits per heavy atom. The van der Waals surface area contributed by atoms with Crippen LogP contribution in [-0.2, 0) is 9.53 Å². The van der Waals surface area contributed by atoms with Gasteiger partial charge in [0, 0.05) is 12.0 Å². The molecule has 4 nitrogen and oxygen atoms in total. The molecule has 19 heavy (non-hydrogen) atoms. The van der Waals surface area contributed by atoms with Crippen LogP contribution >= 0.6 is 0 Å². The standard InChI is InChI=1S/C15H28N2O2/c1-11-15(4,7-9-19-11)17-13(18)14(2,3)12-6-5-8-16-10-12/h11-12,16H,5-10H2,1-4H3,(H,17,18). The third-order valence-corrected chi connectivity index (χ3v) is 5.19. The normalized spacial score (nSPS) is 36.2. The fourth-order valence-electron chi connectivity index (χ4n) is 3.07. The molecule has 2 N–H and O–H groups in total. The smallest absolute Gasteiger partial charge is 0.226 e. The number of hydrogen-bond donors (Lipinski definition) is 2. The van der Waals surface area contributed by atoms with Crippen LogP contribution in [0.3, 0.4) is 0 Å². The topological polar surface area (TPSA) is 50.4 Å². The number of carbonyl (C=O) groups excluding carboxylic acids is 1. The molecule has 2 rings (SSSR count). The molecule has 0 aromatic rings. The van der Waals surface area contributed by atoms with Gasteiger partial charge in [0.05, 0.1) is 11.6 Å². The van der Waals surface area contributed by atoms with Crippen LogP contribution in [0.1, 0.15) is 47.0 Å². The highest BCUT2D eigenvalue weighted by molar-refractivity contribution is 5.83. The Morgan fingerprint density at radius 1 is 1.47 bits per heavy atom. The average molecular weight is 268 g/mol. The van der Waals surface area contributed by atoms with E-state index in [9.17, 15) is 4.79 Å². The number of ether oxygens (including phenoxy) is 1. The van der Waals surface area contributed by atoms with Crippen molar-refractivity contribution >= 4 is 5.91 Å². The van der Waals surface area contributed by atoms with Crippen molar-refractivity contribution in [2.45, 2.75) is 58.6 Å². The van der Waals surface area contributed by atoms with Gasteiger partial charge in [-0.15, -0.1) is 0 Å². The number of piperidine rings is 1. The molecule has 2 saturated heterocycles. The highest BCUT2D eigenvalue weighted by atomic mass is 16.5. The molecular formula is C15H28N2O2. The van der Waals surface area contributed by atoms with E-state index >= 15 is 0 Å². The first-order valence-electron chi connectivity index (χ1n) is 7.51. The van der Waals surface area contributed by atoms with Gasteiger partial charge in [-0.05, 0) is 52.1 Å². The van der Waals surface area contributed by atoms with E-state index in [1.54, 1.807) is 0 Å². The number of carbonyl (C=O) groups is 1. The maximum absolute atomic E-state index is 12.7. The molecule has 110 valence electrons. The first kappa shape index (κ1) is 14.8. The lowest BCUT2D eigenvalue weighted by atomic mass is 9.73. The SMILES string of the molecule is CC1OCCC1(C)NC(=O)C(C)(C)C1CCCNC1. The van der Waals surface area contributed by atoms with Gasteiger partial charge >= 0.3 is 0 Å². The summed E-state index contributed by atoms with van der Waals surface area (Å²) in [5, 5.41) is 6.65. The molecule has 2 aliphatic heterocycles. The summed E-state index contributed by atoms with van der Waals surface area (Å²) in [6.45, 7) is 11.1. The summed E-state index contributed by atoms with van der Waals surface area (Å²) in [6.07, 6.45) is 3.30. The molecule has 0 spiro atoms. The second-order valence-electron chi connectivity index (χ2n) is 6.90. The van der Waals surface area contributed by atoms with Crippen molar-refractivity contribution in [2.24, 2.45) is 11.3 Å². The third-order valence-electron chi connectivity index (χ3n) is 5.19. The van der Waals surface area contributed by atoms with Gasteiger partial charge in [-0.25, -0.2) is 0 Å². The molecule has 0 radical (unpaired) electrons. The summed E-state index contributed by atoms with van der Waals surface area (Å²) in [4.78, 5) is 12.7. The Labute approximate surface area is 116 Å². The van der Waals surface area contributed by atoms with Crippen LogP contribution in [0, 0.1) is 11.3 Å². The highest BCUT2D eigenvalue weighted by Gasteiger charge is 2.44. The van der Waals surface area contributed by atoms with E-state index in [0.29, 0.717) is 5.92 Å². The molecule has 2 heterocycles. The predicted molar refractivity (Wildman–Crippen MR) is 76.0 cm³/mol. The minimum Gasteiger partial charge on any atom is -0.376 e. The summed E-state index contributed by atoms with van der Waals surface area (Å²) in [7, 11) is 0. The summed E-state index contributed by atoms with van der Waals surface area (Å²) in [5.74, 6) is 0.587. The number of amides is 1. The van der Waals surface area contributed by atoms with Crippen LogP contribution in [-0.4, -0.2) is 37.2 Å². The van der Waals surface area contributed by atoms with E-state index in [1.165, 1.54) is 0 Å². The van der Waals surface area contributed by atoms with Crippen LogP contribution in [0.4, 0.5) is 0 Å². The Balaban J connectivity index is 2.01. The predicted octanol–water partition coefficient (Wildman–Crippen LogP) is 1.70. The lowest BCUT2D eigenvalue weighted by Gasteiger charge is -2.39. The quantitative estimate of drug-likeness (QED) is 0.819. The first-order chi connectivity index (χ1) is 8.86. The van der Waals surface area contributed by atoms with Crippen molar-refractivity contribution in [1.82, 2.24) is 10.6 Å². The number of hydrogen-bond acceptors (Lipinski definition) is 3. The van der Waals surface area contributed by atoms with Gasteiger partial charge in [-0.3, -0.25) is 4.79 Å². The molecule has 1 amide bonds. The molecule has 0 saturated carbocycles. The maximum Gasteiger partial charge on any atom is 0.226 e. The van der Waals surface area contributed by atoms with E-state index in [2.05, 4.69) is 31.4 Å². The fraction of sp³-hybridized carbons (Fsp3) is 0.933. The third kappa shape index (κ3) is 2.95. The van der Waals surface area contributed by atoms with Crippen molar-refractivity contribution in [2.75, 3.05) is 19.7 Å². The molecule has 0 aliphatic carbocycles. The van der Waals surface area contributed by atoms with Gasteiger partial charge in [0.1, 0.15) is 0 Å². The Bertz CT molecular complexity index is 337. The molecule has 0 aromatic carbocycles. The first-order valence-corrected chi connectivity index (χ1v) is 7.51. The summed E-state index contributed by atoms with van der Waals surface area (Å²) < 4.78 is 5.60.